The van der Waals surface area contributed by atoms with Gasteiger partial charge in [-0.2, -0.15) is 0 Å². The van der Waals surface area contributed by atoms with Crippen LogP contribution in [0.25, 0.3) is 0 Å². The number of halogens is 1. The number of benzene rings is 1. The topological polar surface area (TPSA) is 58.2 Å². The van der Waals surface area contributed by atoms with Crippen molar-refractivity contribution in [3.05, 3.63) is 28.8 Å². The Morgan fingerprint density at radius 1 is 1.21 bits per heavy atom. The Morgan fingerprint density at radius 2 is 1.84 bits per heavy atom. The molecular formula is C14H19ClN2O2. The summed E-state index contributed by atoms with van der Waals surface area (Å²) in [6, 6.07) is 5.22. The average Bonchev–Trinajstić information content (AvgIpc) is 2.20. The lowest BCUT2D eigenvalue weighted by molar-refractivity contribution is -0.127. The fourth-order valence-electron chi connectivity index (χ4n) is 1.53. The van der Waals surface area contributed by atoms with Crippen LogP contribution in [-0.4, -0.2) is 17.4 Å². The molecule has 0 spiro atoms. The molecule has 0 unspecified atom stereocenters. The van der Waals surface area contributed by atoms with Gasteiger partial charge < -0.3 is 10.6 Å². The minimum atomic E-state index is -0.355. The van der Waals surface area contributed by atoms with Crippen molar-refractivity contribution < 1.29 is 9.59 Å². The number of carbonyl (C=O) groups is 2. The van der Waals surface area contributed by atoms with E-state index in [0.29, 0.717) is 10.7 Å². The number of nitrogens with one attached hydrogen (secondary N) is 2. The zero-order chi connectivity index (χ0) is 14.6. The molecule has 1 aromatic rings. The van der Waals surface area contributed by atoms with Crippen molar-refractivity contribution in [2.75, 3.05) is 5.32 Å². The first-order valence-corrected chi connectivity index (χ1v) is 6.42. The minimum Gasteiger partial charge on any atom is -0.351 e. The normalized spacial score (nSPS) is 11.0. The van der Waals surface area contributed by atoms with Gasteiger partial charge in [0.05, 0.1) is 0 Å². The second kappa shape index (κ2) is 6.06. The van der Waals surface area contributed by atoms with Crippen LogP contribution in [0.2, 0.25) is 5.02 Å². The minimum absolute atomic E-state index is 0.205. The lowest BCUT2D eigenvalue weighted by Crippen LogP contribution is -2.41. The SMILES string of the molecule is Cc1ccc(Cl)cc1NC(=O)CC(=O)NC(C)(C)C. The number of rotatable bonds is 3. The standard InChI is InChI=1S/C14H19ClN2O2/c1-9-5-6-10(15)7-11(9)16-12(18)8-13(19)17-14(2,3)4/h5-7H,8H2,1-4H3,(H,16,18)(H,17,19). The van der Waals surface area contributed by atoms with Crippen LogP contribution < -0.4 is 10.6 Å². The summed E-state index contributed by atoms with van der Waals surface area (Å²) in [6.45, 7) is 7.46. The van der Waals surface area contributed by atoms with E-state index in [9.17, 15) is 9.59 Å². The van der Waals surface area contributed by atoms with E-state index in [4.69, 9.17) is 11.6 Å². The smallest absolute Gasteiger partial charge is 0.233 e. The molecule has 4 nitrogen and oxygen atoms in total. The summed E-state index contributed by atoms with van der Waals surface area (Å²) in [5.74, 6) is -0.656. The number of carbonyl (C=O) groups excluding carboxylic acids is 2. The van der Waals surface area contributed by atoms with Crippen molar-refractivity contribution >= 4 is 29.1 Å². The molecule has 19 heavy (non-hydrogen) atoms. The fraction of sp³-hybridized carbons (Fsp3) is 0.429. The summed E-state index contributed by atoms with van der Waals surface area (Å²) < 4.78 is 0. The Labute approximate surface area is 118 Å². The van der Waals surface area contributed by atoms with E-state index in [1.165, 1.54) is 0 Å². The van der Waals surface area contributed by atoms with Crippen LogP contribution in [0.3, 0.4) is 0 Å². The third-order valence-electron chi connectivity index (χ3n) is 2.31. The highest BCUT2D eigenvalue weighted by molar-refractivity contribution is 6.31. The van der Waals surface area contributed by atoms with Crippen molar-refractivity contribution in [1.82, 2.24) is 5.32 Å². The first-order chi connectivity index (χ1) is 8.67. The second-order valence-electron chi connectivity index (χ2n) is 5.48. The van der Waals surface area contributed by atoms with Crippen molar-refractivity contribution in [2.45, 2.75) is 39.7 Å². The van der Waals surface area contributed by atoms with E-state index in [-0.39, 0.29) is 23.8 Å². The molecule has 0 radical (unpaired) electrons. The van der Waals surface area contributed by atoms with Gasteiger partial charge in [0.1, 0.15) is 6.42 Å². The Morgan fingerprint density at radius 3 is 2.42 bits per heavy atom. The predicted octanol–water partition coefficient (Wildman–Crippen LogP) is 2.89. The maximum atomic E-state index is 11.8. The van der Waals surface area contributed by atoms with Gasteiger partial charge in [0.15, 0.2) is 0 Å². The molecule has 2 N–H and O–H groups in total. The van der Waals surface area contributed by atoms with Gasteiger partial charge in [0.2, 0.25) is 11.8 Å². The number of amides is 2. The zero-order valence-electron chi connectivity index (χ0n) is 11.6. The Kier molecular flexibility index (Phi) is 4.95. The highest BCUT2D eigenvalue weighted by atomic mass is 35.5. The zero-order valence-corrected chi connectivity index (χ0v) is 12.4. The molecule has 0 aromatic heterocycles. The molecule has 0 saturated carbocycles. The van der Waals surface area contributed by atoms with Crippen molar-refractivity contribution in [2.24, 2.45) is 0 Å². The van der Waals surface area contributed by atoms with Crippen molar-refractivity contribution in [3.63, 3.8) is 0 Å². The number of aryl methyl sites for hydroxylation is 1. The highest BCUT2D eigenvalue weighted by Gasteiger charge is 2.16. The van der Waals surface area contributed by atoms with Gasteiger partial charge in [-0.05, 0) is 45.4 Å². The van der Waals surface area contributed by atoms with Crippen LogP contribution in [0.4, 0.5) is 5.69 Å². The molecule has 0 aliphatic carbocycles. The van der Waals surface area contributed by atoms with E-state index in [1.807, 2.05) is 33.8 Å². The Bertz CT molecular complexity index is 493. The number of anilines is 1. The van der Waals surface area contributed by atoms with Gasteiger partial charge in [0, 0.05) is 16.2 Å². The number of hydrogen-bond donors (Lipinski definition) is 2. The number of hydrogen-bond acceptors (Lipinski definition) is 2. The third kappa shape index (κ3) is 5.75. The summed E-state index contributed by atoms with van der Waals surface area (Å²) in [5.41, 5.74) is 1.18. The van der Waals surface area contributed by atoms with Crippen LogP contribution in [0.15, 0.2) is 18.2 Å². The van der Waals surface area contributed by atoms with Crippen LogP contribution in [0.1, 0.15) is 32.8 Å². The quantitative estimate of drug-likeness (QED) is 0.838. The second-order valence-corrected chi connectivity index (χ2v) is 5.92. The van der Waals surface area contributed by atoms with E-state index < -0.39 is 0 Å². The van der Waals surface area contributed by atoms with Crippen LogP contribution >= 0.6 is 11.6 Å². The third-order valence-corrected chi connectivity index (χ3v) is 2.54. The van der Waals surface area contributed by atoms with E-state index in [0.717, 1.165) is 5.56 Å². The van der Waals surface area contributed by atoms with Gasteiger partial charge in [-0.25, -0.2) is 0 Å². The van der Waals surface area contributed by atoms with Gasteiger partial charge in [-0.1, -0.05) is 17.7 Å². The molecule has 2 amide bonds. The lowest BCUT2D eigenvalue weighted by Gasteiger charge is -2.20. The molecule has 0 fully saturated rings. The van der Waals surface area contributed by atoms with Crippen LogP contribution in [-0.2, 0) is 9.59 Å². The summed E-state index contributed by atoms with van der Waals surface area (Å²) in [6.07, 6.45) is -0.205. The lowest BCUT2D eigenvalue weighted by atomic mass is 10.1. The van der Waals surface area contributed by atoms with Gasteiger partial charge >= 0.3 is 0 Å². The molecule has 104 valence electrons. The molecule has 0 aliphatic heterocycles. The van der Waals surface area contributed by atoms with E-state index in [1.54, 1.807) is 12.1 Å². The van der Waals surface area contributed by atoms with Crippen molar-refractivity contribution in [3.8, 4) is 0 Å². The summed E-state index contributed by atoms with van der Waals surface area (Å²) in [5, 5.41) is 5.96. The fourth-order valence-corrected chi connectivity index (χ4v) is 1.70. The summed E-state index contributed by atoms with van der Waals surface area (Å²) in [4.78, 5) is 23.4. The molecule has 1 aromatic carbocycles. The first kappa shape index (κ1) is 15.5. The van der Waals surface area contributed by atoms with Crippen LogP contribution in [0.5, 0.6) is 0 Å². The summed E-state index contributed by atoms with van der Waals surface area (Å²) in [7, 11) is 0. The summed E-state index contributed by atoms with van der Waals surface area (Å²) >= 11 is 5.86. The molecule has 0 aliphatic rings. The Balaban J connectivity index is 2.61. The molecule has 5 heteroatoms. The van der Waals surface area contributed by atoms with E-state index >= 15 is 0 Å². The monoisotopic (exact) mass is 282 g/mol. The van der Waals surface area contributed by atoms with E-state index in [2.05, 4.69) is 10.6 Å². The van der Waals surface area contributed by atoms with Gasteiger partial charge in [-0.15, -0.1) is 0 Å². The average molecular weight is 283 g/mol. The predicted molar refractivity (Wildman–Crippen MR) is 77.3 cm³/mol. The molecule has 1 rings (SSSR count). The maximum absolute atomic E-state index is 11.8. The molecular weight excluding hydrogens is 264 g/mol. The molecule has 0 heterocycles. The van der Waals surface area contributed by atoms with Gasteiger partial charge in [-0.3, -0.25) is 9.59 Å². The largest absolute Gasteiger partial charge is 0.351 e. The molecule has 0 saturated heterocycles. The molecule has 0 bridgehead atoms. The highest BCUT2D eigenvalue weighted by Crippen LogP contribution is 2.20. The van der Waals surface area contributed by atoms with Gasteiger partial charge in [0.25, 0.3) is 0 Å². The first-order valence-electron chi connectivity index (χ1n) is 6.04. The maximum Gasteiger partial charge on any atom is 0.233 e. The Hall–Kier alpha value is -1.55. The molecule has 0 atom stereocenters. The van der Waals surface area contributed by atoms with Crippen molar-refractivity contribution in [1.29, 1.82) is 0 Å². The van der Waals surface area contributed by atoms with Crippen LogP contribution in [0, 0.1) is 6.92 Å².